The molecule has 0 aromatic heterocycles. The fourth-order valence-electron chi connectivity index (χ4n) is 3.84. The van der Waals surface area contributed by atoms with Gasteiger partial charge in [-0.1, -0.05) is 13.3 Å². The summed E-state index contributed by atoms with van der Waals surface area (Å²) in [5.41, 5.74) is -5.22. The number of alkyl halides is 3. The molecule has 10 heteroatoms. The number of rotatable bonds is 5. The van der Waals surface area contributed by atoms with Crippen molar-refractivity contribution in [1.82, 2.24) is 14.9 Å². The predicted octanol–water partition coefficient (Wildman–Crippen LogP) is 2.68. The molecule has 1 saturated heterocycles. The van der Waals surface area contributed by atoms with Crippen LogP contribution in [-0.4, -0.2) is 56.9 Å². The zero-order chi connectivity index (χ0) is 20.1. The van der Waals surface area contributed by atoms with Gasteiger partial charge in [-0.25, -0.2) is 8.42 Å². The highest BCUT2D eigenvalue weighted by Crippen LogP contribution is 2.30. The molecule has 1 heterocycles. The highest BCUT2D eigenvalue weighted by molar-refractivity contribution is 7.90. The van der Waals surface area contributed by atoms with Gasteiger partial charge in [0.15, 0.2) is 5.96 Å². The van der Waals surface area contributed by atoms with E-state index in [1.54, 1.807) is 7.05 Å². The number of sulfonamides is 1. The summed E-state index contributed by atoms with van der Waals surface area (Å²) in [6.07, 6.45) is 6.71. The molecular formula is C17H31F3N4O2S. The predicted molar refractivity (Wildman–Crippen MR) is 99.8 cm³/mol. The molecular weight excluding hydrogens is 381 g/mol. The first-order chi connectivity index (χ1) is 12.7. The van der Waals surface area contributed by atoms with E-state index in [0.717, 1.165) is 18.8 Å². The quantitative estimate of drug-likeness (QED) is 0.538. The fraction of sp³-hybridized carbons (Fsp3) is 0.941. The second-order valence-electron chi connectivity index (χ2n) is 7.52. The second kappa shape index (κ2) is 9.45. The summed E-state index contributed by atoms with van der Waals surface area (Å²) >= 11 is 0. The standard InChI is InChI=1S/C17H31F3N4O2S/c1-3-13-4-6-15(7-5-13)23-16(21-2)22-12-14-8-10-24(11-9-14)27(25,26)17(18,19)20/h13-15H,3-12H2,1-2H3,(H2,21,22,23). The summed E-state index contributed by atoms with van der Waals surface area (Å²) in [5, 5.41) is 6.67. The molecule has 1 aliphatic heterocycles. The Kier molecular flexibility index (Phi) is 7.79. The van der Waals surface area contributed by atoms with Crippen LogP contribution in [0.15, 0.2) is 4.99 Å². The van der Waals surface area contributed by atoms with Crippen LogP contribution in [0.1, 0.15) is 51.9 Å². The van der Waals surface area contributed by atoms with E-state index in [-0.39, 0.29) is 19.0 Å². The Morgan fingerprint density at radius 2 is 1.67 bits per heavy atom. The van der Waals surface area contributed by atoms with Gasteiger partial charge >= 0.3 is 15.5 Å². The highest BCUT2D eigenvalue weighted by Gasteiger charge is 2.50. The Morgan fingerprint density at radius 1 is 1.07 bits per heavy atom. The number of guanidine groups is 1. The summed E-state index contributed by atoms with van der Waals surface area (Å²) in [6, 6.07) is 0.401. The monoisotopic (exact) mass is 412 g/mol. The van der Waals surface area contributed by atoms with Gasteiger partial charge < -0.3 is 10.6 Å². The molecule has 1 saturated carbocycles. The Bertz CT molecular complexity index is 594. The van der Waals surface area contributed by atoms with Crippen molar-refractivity contribution in [1.29, 1.82) is 0 Å². The lowest BCUT2D eigenvalue weighted by molar-refractivity contribution is -0.0496. The van der Waals surface area contributed by atoms with Crippen molar-refractivity contribution in [3.63, 3.8) is 0 Å². The molecule has 2 N–H and O–H groups in total. The molecule has 1 aliphatic carbocycles. The van der Waals surface area contributed by atoms with Gasteiger partial charge in [0.1, 0.15) is 0 Å². The summed E-state index contributed by atoms with van der Waals surface area (Å²) in [4.78, 5) is 4.23. The van der Waals surface area contributed by atoms with Gasteiger partial charge in [0, 0.05) is 32.7 Å². The maximum absolute atomic E-state index is 12.6. The van der Waals surface area contributed by atoms with Crippen LogP contribution in [0, 0.1) is 11.8 Å². The molecule has 2 aliphatic rings. The molecule has 0 spiro atoms. The topological polar surface area (TPSA) is 73.8 Å². The van der Waals surface area contributed by atoms with Gasteiger partial charge in [0.25, 0.3) is 0 Å². The minimum atomic E-state index is -5.22. The number of nitrogens with one attached hydrogen (secondary N) is 2. The van der Waals surface area contributed by atoms with E-state index in [0.29, 0.717) is 35.7 Å². The molecule has 0 bridgehead atoms. The molecule has 2 rings (SSSR count). The van der Waals surface area contributed by atoms with Crippen LogP contribution < -0.4 is 10.6 Å². The lowest BCUT2D eigenvalue weighted by Crippen LogP contribution is -2.48. The minimum Gasteiger partial charge on any atom is -0.356 e. The molecule has 2 fully saturated rings. The fourth-order valence-corrected chi connectivity index (χ4v) is 4.83. The number of halogens is 3. The summed E-state index contributed by atoms with van der Waals surface area (Å²) < 4.78 is 61.3. The van der Waals surface area contributed by atoms with Crippen molar-refractivity contribution < 1.29 is 21.6 Å². The maximum atomic E-state index is 12.6. The lowest BCUT2D eigenvalue weighted by atomic mass is 9.84. The molecule has 0 unspecified atom stereocenters. The molecule has 0 amide bonds. The Hall–Kier alpha value is -1.03. The Balaban J connectivity index is 1.74. The van der Waals surface area contributed by atoms with Crippen molar-refractivity contribution in [2.45, 2.75) is 63.4 Å². The first-order valence-electron chi connectivity index (χ1n) is 9.71. The van der Waals surface area contributed by atoms with E-state index in [1.807, 2.05) is 0 Å². The molecule has 0 aromatic carbocycles. The van der Waals surface area contributed by atoms with Crippen molar-refractivity contribution >= 4 is 16.0 Å². The molecule has 0 aromatic rings. The van der Waals surface area contributed by atoms with Crippen molar-refractivity contribution in [2.24, 2.45) is 16.8 Å². The van der Waals surface area contributed by atoms with Gasteiger partial charge in [0.05, 0.1) is 0 Å². The summed E-state index contributed by atoms with van der Waals surface area (Å²) in [7, 11) is -3.51. The van der Waals surface area contributed by atoms with Crippen molar-refractivity contribution in [2.75, 3.05) is 26.7 Å². The van der Waals surface area contributed by atoms with Crippen molar-refractivity contribution in [3.05, 3.63) is 0 Å². The van der Waals surface area contributed by atoms with E-state index in [9.17, 15) is 21.6 Å². The average molecular weight is 413 g/mol. The maximum Gasteiger partial charge on any atom is 0.511 e. The average Bonchev–Trinajstić information content (AvgIpc) is 2.65. The zero-order valence-electron chi connectivity index (χ0n) is 16.1. The summed E-state index contributed by atoms with van der Waals surface area (Å²) in [6.45, 7) is 2.61. The smallest absolute Gasteiger partial charge is 0.356 e. The number of piperidine rings is 1. The van der Waals surface area contributed by atoms with E-state index in [4.69, 9.17) is 0 Å². The summed E-state index contributed by atoms with van der Waals surface area (Å²) in [5.74, 6) is 1.65. The van der Waals surface area contributed by atoms with Crippen LogP contribution in [0.4, 0.5) is 13.2 Å². The normalized spacial score (nSPS) is 26.8. The molecule has 0 atom stereocenters. The first-order valence-corrected chi connectivity index (χ1v) is 11.1. The highest BCUT2D eigenvalue weighted by atomic mass is 32.2. The Morgan fingerprint density at radius 3 is 2.15 bits per heavy atom. The van der Waals surface area contributed by atoms with Gasteiger partial charge in [-0.05, 0) is 50.4 Å². The number of hydrogen-bond acceptors (Lipinski definition) is 3. The third-order valence-corrected chi connectivity index (χ3v) is 7.38. The number of hydrogen-bond donors (Lipinski definition) is 2. The third kappa shape index (κ3) is 5.97. The van der Waals surface area contributed by atoms with Gasteiger partial charge in [-0.2, -0.15) is 17.5 Å². The second-order valence-corrected chi connectivity index (χ2v) is 9.45. The molecule has 27 heavy (non-hydrogen) atoms. The lowest BCUT2D eigenvalue weighted by Gasteiger charge is -2.32. The van der Waals surface area contributed by atoms with Crippen molar-refractivity contribution in [3.8, 4) is 0 Å². The van der Waals surface area contributed by atoms with E-state index >= 15 is 0 Å². The largest absolute Gasteiger partial charge is 0.511 e. The molecule has 6 nitrogen and oxygen atoms in total. The van der Waals surface area contributed by atoms with Crippen LogP contribution in [-0.2, 0) is 10.0 Å². The first kappa shape index (κ1) is 22.3. The SMILES string of the molecule is CCC1CCC(NC(=NC)NCC2CCN(S(=O)(=O)C(F)(F)F)CC2)CC1. The van der Waals surface area contributed by atoms with E-state index in [2.05, 4.69) is 22.5 Å². The number of nitrogens with zero attached hydrogens (tertiary/aromatic N) is 2. The van der Waals surface area contributed by atoms with Crippen LogP contribution in [0.2, 0.25) is 0 Å². The molecule has 158 valence electrons. The Labute approximate surface area is 160 Å². The number of aliphatic imine (C=N–C) groups is 1. The van der Waals surface area contributed by atoms with Gasteiger partial charge in [-0.3, -0.25) is 4.99 Å². The molecule has 0 radical (unpaired) electrons. The minimum absolute atomic E-state index is 0.0960. The zero-order valence-corrected chi connectivity index (χ0v) is 16.9. The van der Waals surface area contributed by atoms with Gasteiger partial charge in [0.2, 0.25) is 0 Å². The van der Waals surface area contributed by atoms with Gasteiger partial charge in [-0.15, -0.1) is 0 Å². The van der Waals surface area contributed by atoms with Crippen LogP contribution in [0.3, 0.4) is 0 Å². The van der Waals surface area contributed by atoms with Crippen LogP contribution in [0.25, 0.3) is 0 Å². The van der Waals surface area contributed by atoms with E-state index in [1.165, 1.54) is 19.3 Å². The van der Waals surface area contributed by atoms with Crippen LogP contribution in [0.5, 0.6) is 0 Å². The third-order valence-electron chi connectivity index (χ3n) is 5.75. The van der Waals surface area contributed by atoms with E-state index < -0.39 is 15.5 Å². The van der Waals surface area contributed by atoms with Crippen LogP contribution >= 0.6 is 0 Å².